The van der Waals surface area contributed by atoms with Gasteiger partial charge in [-0.1, -0.05) is 17.7 Å². The van der Waals surface area contributed by atoms with E-state index in [1.54, 1.807) is 6.92 Å². The molecule has 0 saturated carbocycles. The van der Waals surface area contributed by atoms with Crippen molar-refractivity contribution in [1.29, 1.82) is 0 Å². The number of carbonyl (C=O) groups is 2. The van der Waals surface area contributed by atoms with Crippen LogP contribution in [-0.4, -0.2) is 51.3 Å². The second-order valence-corrected chi connectivity index (χ2v) is 5.40. The summed E-state index contributed by atoms with van der Waals surface area (Å²) < 4.78 is 5.35. The molecule has 126 valence electrons. The Labute approximate surface area is 140 Å². The summed E-state index contributed by atoms with van der Waals surface area (Å²) in [5.41, 5.74) is 1.61. The van der Waals surface area contributed by atoms with E-state index in [4.69, 9.17) is 16.3 Å². The van der Waals surface area contributed by atoms with Crippen LogP contribution >= 0.6 is 11.6 Å². The lowest BCUT2D eigenvalue weighted by molar-refractivity contribution is -0.118. The van der Waals surface area contributed by atoms with E-state index in [1.807, 2.05) is 18.2 Å². The highest BCUT2D eigenvalue weighted by atomic mass is 35.5. The second kappa shape index (κ2) is 8.59. The van der Waals surface area contributed by atoms with Gasteiger partial charge in [0.15, 0.2) is 0 Å². The van der Waals surface area contributed by atoms with E-state index in [0.29, 0.717) is 24.8 Å². The van der Waals surface area contributed by atoms with Crippen LogP contribution in [0.3, 0.4) is 0 Å². The molecule has 0 radical (unpaired) electrons. The lowest BCUT2D eigenvalue weighted by atomic mass is 10.2. The third-order valence-electron chi connectivity index (χ3n) is 3.34. The van der Waals surface area contributed by atoms with Gasteiger partial charge in [-0.25, -0.2) is 4.79 Å². The predicted molar refractivity (Wildman–Crippen MR) is 90.2 cm³/mol. The van der Waals surface area contributed by atoms with Gasteiger partial charge in [-0.2, -0.15) is 0 Å². The molecule has 8 heteroatoms. The number of benzene rings is 1. The van der Waals surface area contributed by atoms with E-state index >= 15 is 0 Å². The van der Waals surface area contributed by atoms with Crippen molar-refractivity contribution in [3.05, 3.63) is 23.2 Å². The van der Waals surface area contributed by atoms with Crippen molar-refractivity contribution in [3.63, 3.8) is 0 Å². The number of anilines is 2. The molecule has 7 nitrogen and oxygen atoms in total. The summed E-state index contributed by atoms with van der Waals surface area (Å²) in [6.45, 7) is 4.98. The molecule has 1 aliphatic rings. The molecule has 1 saturated heterocycles. The zero-order chi connectivity index (χ0) is 16.7. The zero-order valence-electron chi connectivity index (χ0n) is 13.0. The highest BCUT2D eigenvalue weighted by Crippen LogP contribution is 2.34. The molecule has 1 aromatic carbocycles. The van der Waals surface area contributed by atoms with E-state index in [-0.39, 0.29) is 6.54 Å². The standard InChI is InChI=1S/C15H21ClN4O3/c1-2-17-15(22)19-13(21)10-18-12-5-3-4-11(16)14(12)20-6-8-23-9-7-20/h3-5,18H,2,6-10H2,1H3,(H2,17,19,21,22). The fraction of sp³-hybridized carbons (Fsp3) is 0.467. The number of halogens is 1. The molecule has 0 aromatic heterocycles. The molecular weight excluding hydrogens is 320 g/mol. The number of imide groups is 1. The van der Waals surface area contributed by atoms with Crippen molar-refractivity contribution in [3.8, 4) is 0 Å². The van der Waals surface area contributed by atoms with Gasteiger partial charge in [-0.15, -0.1) is 0 Å². The predicted octanol–water partition coefficient (Wildman–Crippen LogP) is 1.43. The van der Waals surface area contributed by atoms with Crippen LogP contribution in [0.5, 0.6) is 0 Å². The van der Waals surface area contributed by atoms with Gasteiger partial charge in [0.1, 0.15) is 0 Å². The van der Waals surface area contributed by atoms with Gasteiger partial charge in [-0.3, -0.25) is 10.1 Å². The quantitative estimate of drug-likeness (QED) is 0.755. The topological polar surface area (TPSA) is 82.7 Å². The van der Waals surface area contributed by atoms with Crippen LogP contribution in [0.4, 0.5) is 16.2 Å². The van der Waals surface area contributed by atoms with Crippen molar-refractivity contribution in [2.75, 3.05) is 49.6 Å². The second-order valence-electron chi connectivity index (χ2n) is 5.00. The summed E-state index contributed by atoms with van der Waals surface area (Å²) in [6.07, 6.45) is 0. The Bertz CT molecular complexity index is 562. The van der Waals surface area contributed by atoms with Crippen molar-refractivity contribution in [1.82, 2.24) is 10.6 Å². The first-order valence-corrected chi connectivity index (χ1v) is 7.92. The van der Waals surface area contributed by atoms with Gasteiger partial charge in [0.25, 0.3) is 0 Å². The molecule has 0 atom stereocenters. The maximum absolute atomic E-state index is 11.8. The molecule has 0 spiro atoms. The number of urea groups is 1. The highest BCUT2D eigenvalue weighted by Gasteiger charge is 2.18. The largest absolute Gasteiger partial charge is 0.378 e. The number of hydrogen-bond donors (Lipinski definition) is 3. The normalized spacial score (nSPS) is 14.3. The Hall–Kier alpha value is -1.99. The Morgan fingerprint density at radius 3 is 2.74 bits per heavy atom. The average molecular weight is 341 g/mol. The number of para-hydroxylation sites is 1. The van der Waals surface area contributed by atoms with Crippen molar-refractivity contribution in [2.24, 2.45) is 0 Å². The maximum atomic E-state index is 11.8. The van der Waals surface area contributed by atoms with Crippen LogP contribution in [0.2, 0.25) is 5.02 Å². The Morgan fingerprint density at radius 2 is 2.04 bits per heavy atom. The molecule has 23 heavy (non-hydrogen) atoms. The summed E-state index contributed by atoms with van der Waals surface area (Å²) >= 11 is 6.32. The number of carbonyl (C=O) groups excluding carboxylic acids is 2. The molecule has 1 heterocycles. The number of nitrogens with zero attached hydrogens (tertiary/aromatic N) is 1. The summed E-state index contributed by atoms with van der Waals surface area (Å²) in [4.78, 5) is 25.2. The van der Waals surface area contributed by atoms with Crippen molar-refractivity contribution >= 4 is 34.9 Å². The molecular formula is C15H21ClN4O3. The van der Waals surface area contributed by atoms with E-state index in [2.05, 4.69) is 20.9 Å². The molecule has 3 amide bonds. The molecule has 0 bridgehead atoms. The number of ether oxygens (including phenoxy) is 1. The first-order chi connectivity index (χ1) is 11.1. The Kier molecular flexibility index (Phi) is 6.49. The van der Waals surface area contributed by atoms with Gasteiger partial charge >= 0.3 is 6.03 Å². The zero-order valence-corrected chi connectivity index (χ0v) is 13.8. The van der Waals surface area contributed by atoms with E-state index in [9.17, 15) is 9.59 Å². The van der Waals surface area contributed by atoms with Crippen LogP contribution in [0, 0.1) is 0 Å². The number of morpholine rings is 1. The Morgan fingerprint density at radius 1 is 1.30 bits per heavy atom. The molecule has 1 aliphatic heterocycles. The fourth-order valence-corrected chi connectivity index (χ4v) is 2.61. The lowest BCUT2D eigenvalue weighted by Gasteiger charge is -2.31. The van der Waals surface area contributed by atoms with Crippen LogP contribution in [0.15, 0.2) is 18.2 Å². The third kappa shape index (κ3) is 5.01. The van der Waals surface area contributed by atoms with Gasteiger partial charge in [0.05, 0.1) is 36.2 Å². The minimum absolute atomic E-state index is 0.0190. The molecule has 3 N–H and O–H groups in total. The molecule has 1 fully saturated rings. The summed E-state index contributed by atoms with van der Waals surface area (Å²) in [5.74, 6) is -0.413. The molecule has 0 unspecified atom stereocenters. The number of rotatable bonds is 5. The maximum Gasteiger partial charge on any atom is 0.321 e. The van der Waals surface area contributed by atoms with E-state index in [1.165, 1.54) is 0 Å². The number of hydrogen-bond acceptors (Lipinski definition) is 5. The summed E-state index contributed by atoms with van der Waals surface area (Å²) in [5, 5.41) is 8.40. The van der Waals surface area contributed by atoms with E-state index < -0.39 is 11.9 Å². The number of nitrogens with one attached hydrogen (secondary N) is 3. The van der Waals surface area contributed by atoms with Gasteiger partial charge in [0.2, 0.25) is 5.91 Å². The van der Waals surface area contributed by atoms with Crippen molar-refractivity contribution < 1.29 is 14.3 Å². The smallest absolute Gasteiger partial charge is 0.321 e. The van der Waals surface area contributed by atoms with Gasteiger partial charge in [-0.05, 0) is 19.1 Å². The minimum atomic E-state index is -0.501. The third-order valence-corrected chi connectivity index (χ3v) is 3.65. The van der Waals surface area contributed by atoms with Crippen LogP contribution in [0.1, 0.15) is 6.92 Å². The monoisotopic (exact) mass is 340 g/mol. The fourth-order valence-electron chi connectivity index (χ4n) is 2.32. The highest BCUT2D eigenvalue weighted by molar-refractivity contribution is 6.34. The average Bonchev–Trinajstić information content (AvgIpc) is 2.54. The first-order valence-electron chi connectivity index (χ1n) is 7.54. The van der Waals surface area contributed by atoms with Gasteiger partial charge < -0.3 is 20.3 Å². The lowest BCUT2D eigenvalue weighted by Crippen LogP contribution is -2.42. The van der Waals surface area contributed by atoms with Crippen LogP contribution in [-0.2, 0) is 9.53 Å². The first kappa shape index (κ1) is 17.4. The Balaban J connectivity index is 2.00. The van der Waals surface area contributed by atoms with E-state index in [0.717, 1.165) is 24.5 Å². The number of amides is 3. The van der Waals surface area contributed by atoms with Crippen molar-refractivity contribution in [2.45, 2.75) is 6.92 Å². The minimum Gasteiger partial charge on any atom is -0.378 e. The molecule has 1 aromatic rings. The summed E-state index contributed by atoms with van der Waals surface area (Å²) in [6, 6.07) is 4.98. The summed E-state index contributed by atoms with van der Waals surface area (Å²) in [7, 11) is 0. The SMILES string of the molecule is CCNC(=O)NC(=O)CNc1cccc(Cl)c1N1CCOCC1. The van der Waals surface area contributed by atoms with Crippen LogP contribution in [0.25, 0.3) is 0 Å². The molecule has 2 rings (SSSR count). The molecule has 0 aliphatic carbocycles. The van der Waals surface area contributed by atoms with Crippen LogP contribution < -0.4 is 20.9 Å². The van der Waals surface area contributed by atoms with Gasteiger partial charge in [0, 0.05) is 19.6 Å².